The first-order valence-corrected chi connectivity index (χ1v) is 8.98. The van der Waals surface area contributed by atoms with Gasteiger partial charge in [-0.05, 0) is 43.8 Å². The van der Waals surface area contributed by atoms with Crippen LogP contribution in [0.15, 0.2) is 59.2 Å². The van der Waals surface area contributed by atoms with Gasteiger partial charge in [-0.1, -0.05) is 32.0 Å². The summed E-state index contributed by atoms with van der Waals surface area (Å²) < 4.78 is 7.11. The minimum absolute atomic E-state index is 0.0411. The molecule has 1 amide bonds. The number of para-hydroxylation sites is 1. The highest BCUT2D eigenvalue weighted by atomic mass is 16.3. The minimum atomic E-state index is -0.156. The van der Waals surface area contributed by atoms with Gasteiger partial charge < -0.3 is 14.6 Å². The van der Waals surface area contributed by atoms with Gasteiger partial charge in [0.05, 0.1) is 12.0 Å². The first kappa shape index (κ1) is 18.9. The molecule has 1 N–H and O–H groups in total. The Hall–Kier alpha value is -2.86. The van der Waals surface area contributed by atoms with E-state index in [1.54, 1.807) is 23.1 Å². The van der Waals surface area contributed by atoms with Crippen molar-refractivity contribution in [1.82, 2.24) is 20.0 Å². The van der Waals surface area contributed by atoms with Crippen LogP contribution in [-0.4, -0.2) is 47.8 Å². The summed E-state index contributed by atoms with van der Waals surface area (Å²) in [5.74, 6) is 0.475. The van der Waals surface area contributed by atoms with E-state index in [-0.39, 0.29) is 11.3 Å². The maximum Gasteiger partial charge on any atom is 0.270 e. The van der Waals surface area contributed by atoms with Crippen LogP contribution in [0.3, 0.4) is 0 Å². The molecule has 0 radical (unpaired) electrons. The smallest absolute Gasteiger partial charge is 0.270 e. The molecule has 2 aromatic heterocycles. The van der Waals surface area contributed by atoms with Gasteiger partial charge in [-0.2, -0.15) is 5.10 Å². The summed E-state index contributed by atoms with van der Waals surface area (Å²) in [4.78, 5) is 15.1. The van der Waals surface area contributed by atoms with Crippen molar-refractivity contribution in [1.29, 1.82) is 0 Å². The number of amides is 1. The molecule has 0 fully saturated rings. The van der Waals surface area contributed by atoms with Crippen molar-refractivity contribution < 1.29 is 9.21 Å². The van der Waals surface area contributed by atoms with Gasteiger partial charge in [0.15, 0.2) is 5.76 Å². The monoisotopic (exact) mass is 366 g/mol. The normalized spacial score (nSPS) is 11.7. The second-order valence-corrected chi connectivity index (χ2v) is 7.72. The number of rotatable bonds is 7. The molecule has 0 aliphatic heterocycles. The highest BCUT2D eigenvalue weighted by molar-refractivity contribution is 5.94. The van der Waals surface area contributed by atoms with Gasteiger partial charge in [-0.15, -0.1) is 0 Å². The van der Waals surface area contributed by atoms with Gasteiger partial charge >= 0.3 is 0 Å². The quantitative estimate of drug-likeness (QED) is 0.696. The molecule has 0 aliphatic rings. The highest BCUT2D eigenvalue weighted by Gasteiger charge is 2.23. The summed E-state index contributed by atoms with van der Waals surface area (Å²) in [7, 11) is 4.06. The van der Waals surface area contributed by atoms with E-state index in [4.69, 9.17) is 4.42 Å². The Morgan fingerprint density at radius 3 is 2.56 bits per heavy atom. The zero-order valence-corrected chi connectivity index (χ0v) is 16.3. The summed E-state index contributed by atoms with van der Waals surface area (Å²) in [6, 6.07) is 15.0. The van der Waals surface area contributed by atoms with E-state index in [2.05, 4.69) is 29.2 Å². The SMILES string of the molecule is CN(C)CC(C)(C)CNC(=O)c1cc(-c2ccco2)nn1-c1ccccc1. The third kappa shape index (κ3) is 4.65. The summed E-state index contributed by atoms with van der Waals surface area (Å²) in [5, 5.41) is 7.65. The Labute approximate surface area is 159 Å². The lowest BCUT2D eigenvalue weighted by atomic mass is 9.93. The number of nitrogens with zero attached hydrogens (tertiary/aromatic N) is 3. The molecule has 0 unspecified atom stereocenters. The molecule has 3 rings (SSSR count). The molecule has 0 atom stereocenters. The van der Waals surface area contributed by atoms with E-state index in [1.807, 2.05) is 50.5 Å². The molecule has 1 aromatic carbocycles. The molecule has 0 bridgehead atoms. The average molecular weight is 366 g/mol. The van der Waals surface area contributed by atoms with Gasteiger partial charge in [-0.3, -0.25) is 4.79 Å². The van der Waals surface area contributed by atoms with Gasteiger partial charge in [0.2, 0.25) is 0 Å². The summed E-state index contributed by atoms with van der Waals surface area (Å²) >= 11 is 0. The van der Waals surface area contributed by atoms with Crippen molar-refractivity contribution in [2.24, 2.45) is 5.41 Å². The number of furan rings is 1. The predicted molar refractivity (Wildman–Crippen MR) is 106 cm³/mol. The lowest BCUT2D eigenvalue weighted by Gasteiger charge is -2.28. The first-order chi connectivity index (χ1) is 12.9. The fourth-order valence-corrected chi connectivity index (χ4v) is 3.18. The van der Waals surface area contributed by atoms with Crippen molar-refractivity contribution in [2.75, 3.05) is 27.2 Å². The number of nitrogens with one attached hydrogen (secondary N) is 1. The number of hydrogen-bond donors (Lipinski definition) is 1. The fourth-order valence-electron chi connectivity index (χ4n) is 3.18. The van der Waals surface area contributed by atoms with E-state index in [0.29, 0.717) is 23.7 Å². The summed E-state index contributed by atoms with van der Waals surface area (Å²) in [6.07, 6.45) is 1.60. The summed E-state index contributed by atoms with van der Waals surface area (Å²) in [5.41, 5.74) is 1.89. The molecule has 0 spiro atoms. The van der Waals surface area contributed by atoms with E-state index in [9.17, 15) is 4.79 Å². The molecule has 0 saturated heterocycles. The van der Waals surface area contributed by atoms with Crippen LogP contribution >= 0.6 is 0 Å². The molecule has 3 aromatic rings. The van der Waals surface area contributed by atoms with Crippen LogP contribution in [0.1, 0.15) is 24.3 Å². The largest absolute Gasteiger partial charge is 0.463 e. The van der Waals surface area contributed by atoms with Crippen molar-refractivity contribution in [2.45, 2.75) is 13.8 Å². The molecule has 6 heteroatoms. The second kappa shape index (κ2) is 7.80. The van der Waals surface area contributed by atoms with Gasteiger partial charge in [0.1, 0.15) is 11.4 Å². The predicted octanol–water partition coefficient (Wildman–Crippen LogP) is 3.45. The van der Waals surface area contributed by atoms with Gasteiger partial charge in [0, 0.05) is 19.2 Å². The van der Waals surface area contributed by atoms with Gasteiger partial charge in [0.25, 0.3) is 5.91 Å². The third-order valence-corrected chi connectivity index (χ3v) is 4.19. The number of carbonyl (C=O) groups excluding carboxylic acids is 1. The maximum absolute atomic E-state index is 12.9. The Morgan fingerprint density at radius 1 is 1.19 bits per heavy atom. The van der Waals surface area contributed by atoms with Crippen LogP contribution in [0, 0.1) is 5.41 Å². The fraction of sp³-hybridized carbons (Fsp3) is 0.333. The number of carbonyl (C=O) groups is 1. The molecule has 2 heterocycles. The summed E-state index contributed by atoms with van der Waals surface area (Å²) in [6.45, 7) is 5.72. The minimum Gasteiger partial charge on any atom is -0.463 e. The van der Waals surface area contributed by atoms with Gasteiger partial charge in [-0.25, -0.2) is 4.68 Å². The Balaban J connectivity index is 1.88. The number of benzene rings is 1. The number of aromatic nitrogens is 2. The van der Waals surface area contributed by atoms with Crippen molar-refractivity contribution >= 4 is 5.91 Å². The molecule has 0 saturated carbocycles. The van der Waals surface area contributed by atoms with E-state index in [0.717, 1.165) is 12.2 Å². The van der Waals surface area contributed by atoms with Crippen LogP contribution in [0.25, 0.3) is 17.1 Å². The molecule has 0 aliphatic carbocycles. The zero-order chi connectivity index (χ0) is 19.4. The van der Waals surface area contributed by atoms with Crippen molar-refractivity contribution in [3.63, 3.8) is 0 Å². The standard InChI is InChI=1S/C21H26N4O2/c1-21(2,15-24(3)4)14-22-20(26)18-13-17(19-11-8-12-27-19)23-25(18)16-9-6-5-7-10-16/h5-13H,14-15H2,1-4H3,(H,22,26). The maximum atomic E-state index is 12.9. The van der Waals surface area contributed by atoms with Crippen molar-refractivity contribution in [3.05, 3.63) is 60.5 Å². The molecular weight excluding hydrogens is 340 g/mol. The Bertz CT molecular complexity index is 880. The van der Waals surface area contributed by atoms with Crippen LogP contribution in [-0.2, 0) is 0 Å². The van der Waals surface area contributed by atoms with Crippen LogP contribution in [0.2, 0.25) is 0 Å². The lowest BCUT2D eigenvalue weighted by Crippen LogP contribution is -2.40. The van der Waals surface area contributed by atoms with E-state index >= 15 is 0 Å². The molecule has 142 valence electrons. The van der Waals surface area contributed by atoms with E-state index in [1.165, 1.54) is 0 Å². The average Bonchev–Trinajstić information content (AvgIpc) is 3.29. The zero-order valence-electron chi connectivity index (χ0n) is 16.3. The lowest BCUT2D eigenvalue weighted by molar-refractivity contribution is 0.0921. The van der Waals surface area contributed by atoms with Crippen LogP contribution in [0.4, 0.5) is 0 Å². The van der Waals surface area contributed by atoms with Crippen LogP contribution in [0.5, 0.6) is 0 Å². The Kier molecular flexibility index (Phi) is 5.46. The van der Waals surface area contributed by atoms with Crippen molar-refractivity contribution in [3.8, 4) is 17.1 Å². The third-order valence-electron chi connectivity index (χ3n) is 4.19. The van der Waals surface area contributed by atoms with E-state index < -0.39 is 0 Å². The second-order valence-electron chi connectivity index (χ2n) is 7.72. The topological polar surface area (TPSA) is 63.3 Å². The number of hydrogen-bond acceptors (Lipinski definition) is 4. The Morgan fingerprint density at radius 2 is 1.93 bits per heavy atom. The molecule has 6 nitrogen and oxygen atoms in total. The molecule has 27 heavy (non-hydrogen) atoms. The first-order valence-electron chi connectivity index (χ1n) is 8.98. The molecular formula is C21H26N4O2. The highest BCUT2D eigenvalue weighted by Crippen LogP contribution is 2.22. The van der Waals surface area contributed by atoms with Crippen LogP contribution < -0.4 is 5.32 Å².